The van der Waals surface area contributed by atoms with Gasteiger partial charge in [-0.05, 0) is 50.5 Å². The van der Waals surface area contributed by atoms with Crippen LogP contribution in [0, 0.1) is 5.82 Å². The molecule has 2 rings (SSSR count). The molecule has 1 fully saturated rings. The fraction of sp³-hybridized carbons (Fsp3) is 0.571. The van der Waals surface area contributed by atoms with Gasteiger partial charge in [-0.1, -0.05) is 6.42 Å². The molecule has 6 heteroatoms. The van der Waals surface area contributed by atoms with Crippen molar-refractivity contribution in [1.82, 2.24) is 4.90 Å². The van der Waals surface area contributed by atoms with Gasteiger partial charge in [0.05, 0.1) is 6.61 Å². The first kappa shape index (κ1) is 15.3. The molecule has 1 atom stereocenters. The van der Waals surface area contributed by atoms with Gasteiger partial charge in [-0.15, -0.1) is 0 Å². The van der Waals surface area contributed by atoms with Gasteiger partial charge in [-0.2, -0.15) is 0 Å². The molecule has 0 saturated carbocycles. The first-order valence-corrected chi connectivity index (χ1v) is 7.06. The molecule has 0 aromatic heterocycles. The number of hydrogen-bond donors (Lipinski definition) is 2. The van der Waals surface area contributed by atoms with E-state index in [1.807, 2.05) is 0 Å². The average molecular weight is 281 g/mol. The quantitative estimate of drug-likeness (QED) is 0.782. The van der Waals surface area contributed by atoms with Gasteiger partial charge in [-0.3, -0.25) is 0 Å². The fourth-order valence-electron chi connectivity index (χ4n) is 2.64. The lowest BCUT2D eigenvalue weighted by Gasteiger charge is -2.32. The van der Waals surface area contributed by atoms with E-state index in [9.17, 15) is 4.39 Å². The van der Waals surface area contributed by atoms with Crippen LogP contribution in [0.4, 0.5) is 4.39 Å². The largest absolute Gasteiger partial charge is 0.493 e. The van der Waals surface area contributed by atoms with E-state index >= 15 is 0 Å². The number of benzene rings is 1. The van der Waals surface area contributed by atoms with Crippen molar-refractivity contribution in [1.29, 1.82) is 0 Å². The van der Waals surface area contributed by atoms with Crippen molar-refractivity contribution in [3.63, 3.8) is 0 Å². The summed E-state index contributed by atoms with van der Waals surface area (Å²) in [6.07, 6.45) is 4.55. The number of ether oxygens (including phenoxy) is 1. The SMILES string of the molecule is CN1CCCCC1CCOc1cc(F)cc(B(O)O)c1. The number of hydrogen-bond acceptors (Lipinski definition) is 4. The zero-order valence-corrected chi connectivity index (χ0v) is 11.8. The summed E-state index contributed by atoms with van der Waals surface area (Å²) < 4.78 is 18.9. The van der Waals surface area contributed by atoms with E-state index < -0.39 is 12.9 Å². The maximum atomic E-state index is 13.3. The van der Waals surface area contributed by atoms with E-state index in [4.69, 9.17) is 14.8 Å². The maximum absolute atomic E-state index is 13.3. The molecule has 0 amide bonds. The van der Waals surface area contributed by atoms with Gasteiger partial charge in [0, 0.05) is 12.1 Å². The van der Waals surface area contributed by atoms with Crippen LogP contribution in [0.5, 0.6) is 5.75 Å². The van der Waals surface area contributed by atoms with Crippen molar-refractivity contribution in [3.05, 3.63) is 24.0 Å². The van der Waals surface area contributed by atoms with Crippen LogP contribution in [0.3, 0.4) is 0 Å². The minimum atomic E-state index is -1.68. The van der Waals surface area contributed by atoms with E-state index in [1.54, 1.807) is 0 Å². The van der Waals surface area contributed by atoms with Gasteiger partial charge in [0.15, 0.2) is 0 Å². The highest BCUT2D eigenvalue weighted by atomic mass is 19.1. The molecular formula is C14H21BFNO3. The first-order chi connectivity index (χ1) is 9.56. The van der Waals surface area contributed by atoms with Crippen LogP contribution in [0.1, 0.15) is 25.7 Å². The Morgan fingerprint density at radius 1 is 1.35 bits per heavy atom. The van der Waals surface area contributed by atoms with Crippen LogP contribution in [0.15, 0.2) is 18.2 Å². The smallest absolute Gasteiger partial charge is 0.488 e. The average Bonchev–Trinajstić information content (AvgIpc) is 2.40. The van der Waals surface area contributed by atoms with E-state index in [2.05, 4.69) is 11.9 Å². The third-order valence-electron chi connectivity index (χ3n) is 3.83. The van der Waals surface area contributed by atoms with Crippen molar-refractivity contribution < 1.29 is 19.2 Å². The zero-order chi connectivity index (χ0) is 14.5. The van der Waals surface area contributed by atoms with Crippen molar-refractivity contribution in [2.45, 2.75) is 31.7 Å². The Bertz CT molecular complexity index is 444. The molecule has 2 N–H and O–H groups in total. The normalized spacial score (nSPS) is 19.9. The summed E-state index contributed by atoms with van der Waals surface area (Å²) in [4.78, 5) is 2.33. The lowest BCUT2D eigenvalue weighted by molar-refractivity contribution is 0.153. The van der Waals surface area contributed by atoms with Gasteiger partial charge in [0.2, 0.25) is 0 Å². The summed E-state index contributed by atoms with van der Waals surface area (Å²) in [6, 6.07) is 4.32. The Balaban J connectivity index is 1.87. The second kappa shape index (κ2) is 7.06. The van der Waals surface area contributed by atoms with E-state index in [-0.39, 0.29) is 5.46 Å². The zero-order valence-electron chi connectivity index (χ0n) is 11.8. The Labute approximate surface area is 119 Å². The summed E-state index contributed by atoms with van der Waals surface area (Å²) in [6.45, 7) is 1.62. The molecule has 0 bridgehead atoms. The van der Waals surface area contributed by atoms with Crippen LogP contribution in [0.2, 0.25) is 0 Å². The number of likely N-dealkylation sites (tertiary alicyclic amines) is 1. The first-order valence-electron chi connectivity index (χ1n) is 7.06. The molecule has 1 unspecified atom stereocenters. The maximum Gasteiger partial charge on any atom is 0.488 e. The lowest BCUT2D eigenvalue weighted by Crippen LogP contribution is -2.37. The summed E-state index contributed by atoms with van der Waals surface area (Å²) in [5, 5.41) is 18.1. The predicted molar refractivity (Wildman–Crippen MR) is 76.6 cm³/mol. The Hall–Kier alpha value is -1.11. The second-order valence-corrected chi connectivity index (χ2v) is 5.36. The monoisotopic (exact) mass is 281 g/mol. The molecule has 0 radical (unpaired) electrons. The van der Waals surface area contributed by atoms with E-state index in [1.165, 1.54) is 31.4 Å². The van der Waals surface area contributed by atoms with Crippen molar-refractivity contribution in [3.8, 4) is 5.75 Å². The van der Waals surface area contributed by atoms with Gasteiger partial charge in [0.25, 0.3) is 0 Å². The summed E-state index contributed by atoms with van der Waals surface area (Å²) in [5.74, 6) is -0.188. The predicted octanol–water partition coefficient (Wildman–Crippen LogP) is 0.759. The third-order valence-corrected chi connectivity index (χ3v) is 3.83. The lowest BCUT2D eigenvalue weighted by atomic mass is 9.80. The van der Waals surface area contributed by atoms with Crippen molar-refractivity contribution in [2.24, 2.45) is 0 Å². The van der Waals surface area contributed by atoms with E-state index in [0.717, 1.165) is 19.0 Å². The molecule has 1 saturated heterocycles. The third kappa shape index (κ3) is 4.20. The van der Waals surface area contributed by atoms with Crippen molar-refractivity contribution in [2.75, 3.05) is 20.2 Å². The number of halogens is 1. The minimum Gasteiger partial charge on any atom is -0.493 e. The van der Waals surface area contributed by atoms with Crippen LogP contribution in [-0.4, -0.2) is 48.3 Å². The standard InChI is InChI=1S/C14H21BFNO3/c1-17-6-3-2-4-13(17)5-7-20-14-9-11(15(18)19)8-12(16)10-14/h8-10,13,18-19H,2-7H2,1H3. The second-order valence-electron chi connectivity index (χ2n) is 5.36. The van der Waals surface area contributed by atoms with E-state index in [0.29, 0.717) is 18.4 Å². The van der Waals surface area contributed by atoms with Gasteiger partial charge >= 0.3 is 7.12 Å². The number of rotatable bonds is 5. The fourth-order valence-corrected chi connectivity index (χ4v) is 2.64. The van der Waals surface area contributed by atoms with Crippen molar-refractivity contribution >= 4 is 12.6 Å². The van der Waals surface area contributed by atoms with Crippen LogP contribution in [-0.2, 0) is 0 Å². The molecule has 0 aliphatic carbocycles. The van der Waals surface area contributed by atoms with Gasteiger partial charge in [-0.25, -0.2) is 4.39 Å². The summed E-state index contributed by atoms with van der Waals surface area (Å²) in [7, 11) is 0.434. The molecule has 1 aromatic carbocycles. The number of nitrogens with zero attached hydrogens (tertiary/aromatic N) is 1. The number of piperidine rings is 1. The summed E-state index contributed by atoms with van der Waals surface area (Å²) >= 11 is 0. The topological polar surface area (TPSA) is 52.9 Å². The van der Waals surface area contributed by atoms with Crippen LogP contribution in [0.25, 0.3) is 0 Å². The molecule has 110 valence electrons. The summed E-state index contributed by atoms with van der Waals surface area (Å²) in [5.41, 5.74) is 0.106. The molecule has 1 heterocycles. The molecule has 0 spiro atoms. The highest BCUT2D eigenvalue weighted by Crippen LogP contribution is 2.18. The Kier molecular flexibility index (Phi) is 5.40. The minimum absolute atomic E-state index is 0.106. The van der Waals surface area contributed by atoms with Crippen LogP contribution < -0.4 is 10.2 Å². The van der Waals surface area contributed by atoms with Gasteiger partial charge < -0.3 is 19.7 Å². The molecule has 1 aromatic rings. The molecule has 20 heavy (non-hydrogen) atoms. The van der Waals surface area contributed by atoms with Crippen LogP contribution >= 0.6 is 0 Å². The highest BCUT2D eigenvalue weighted by molar-refractivity contribution is 6.58. The highest BCUT2D eigenvalue weighted by Gasteiger charge is 2.19. The molecular weight excluding hydrogens is 260 g/mol. The molecule has 1 aliphatic heterocycles. The Morgan fingerprint density at radius 3 is 2.85 bits per heavy atom. The molecule has 1 aliphatic rings. The van der Waals surface area contributed by atoms with Gasteiger partial charge in [0.1, 0.15) is 11.6 Å². The molecule has 4 nitrogen and oxygen atoms in total. The Morgan fingerprint density at radius 2 is 2.15 bits per heavy atom.